The van der Waals surface area contributed by atoms with Crippen LogP contribution < -0.4 is 4.90 Å². The first-order valence-corrected chi connectivity index (χ1v) is 7.58. The van der Waals surface area contributed by atoms with Crippen LogP contribution in [0.5, 0.6) is 0 Å². The van der Waals surface area contributed by atoms with E-state index < -0.39 is 0 Å². The molecule has 0 bridgehead atoms. The van der Waals surface area contributed by atoms with Crippen molar-refractivity contribution in [3.05, 3.63) is 28.7 Å². The van der Waals surface area contributed by atoms with Gasteiger partial charge < -0.3 is 10.0 Å². The minimum atomic E-state index is 0.0879. The largest absolute Gasteiger partial charge is 0.396 e. The van der Waals surface area contributed by atoms with Crippen molar-refractivity contribution in [1.82, 2.24) is 4.90 Å². The van der Waals surface area contributed by atoms with Gasteiger partial charge in [-0.1, -0.05) is 12.1 Å². The maximum absolute atomic E-state index is 9.22. The Bertz CT molecular complexity index is 436. The van der Waals surface area contributed by atoms with Crippen molar-refractivity contribution in [2.45, 2.75) is 31.8 Å². The molecule has 1 fully saturated rings. The summed E-state index contributed by atoms with van der Waals surface area (Å²) in [5.41, 5.74) is 1.33. The van der Waals surface area contributed by atoms with Crippen molar-refractivity contribution in [2.75, 3.05) is 31.6 Å². The predicted octanol–water partition coefficient (Wildman–Crippen LogP) is 2.73. The summed E-state index contributed by atoms with van der Waals surface area (Å²) in [6.45, 7) is 6.75. The van der Waals surface area contributed by atoms with E-state index >= 15 is 0 Å². The highest BCUT2D eigenvalue weighted by molar-refractivity contribution is 9.10. The molecule has 1 unspecified atom stereocenters. The molecule has 106 valence electrons. The molecule has 1 aliphatic heterocycles. The van der Waals surface area contributed by atoms with Crippen molar-refractivity contribution >= 4 is 21.6 Å². The van der Waals surface area contributed by atoms with Crippen molar-refractivity contribution in [2.24, 2.45) is 0 Å². The molecule has 0 aliphatic carbocycles. The molecule has 1 aliphatic rings. The quantitative estimate of drug-likeness (QED) is 0.925. The summed E-state index contributed by atoms with van der Waals surface area (Å²) >= 11 is 3.65. The molecule has 1 atom stereocenters. The van der Waals surface area contributed by atoms with Gasteiger partial charge in [-0.25, -0.2) is 0 Å². The van der Waals surface area contributed by atoms with E-state index in [4.69, 9.17) is 0 Å². The Balaban J connectivity index is 2.29. The topological polar surface area (TPSA) is 26.7 Å². The molecule has 1 aromatic carbocycles. The van der Waals surface area contributed by atoms with E-state index in [1.165, 1.54) is 5.69 Å². The van der Waals surface area contributed by atoms with Crippen molar-refractivity contribution in [1.29, 1.82) is 0 Å². The monoisotopic (exact) mass is 326 g/mol. The van der Waals surface area contributed by atoms with Gasteiger partial charge in [-0.05, 0) is 55.4 Å². The summed E-state index contributed by atoms with van der Waals surface area (Å²) in [7, 11) is 2.15. The average molecular weight is 327 g/mol. The first-order valence-electron chi connectivity index (χ1n) is 6.79. The smallest absolute Gasteiger partial charge is 0.0516 e. The van der Waals surface area contributed by atoms with Crippen molar-refractivity contribution in [3.8, 4) is 0 Å². The minimum Gasteiger partial charge on any atom is -0.396 e. The molecule has 1 N–H and O–H groups in total. The zero-order chi connectivity index (χ0) is 14.0. The van der Waals surface area contributed by atoms with Gasteiger partial charge in [-0.2, -0.15) is 0 Å². The molecular weight excluding hydrogens is 304 g/mol. The van der Waals surface area contributed by atoms with E-state index in [1.54, 1.807) is 0 Å². The summed E-state index contributed by atoms with van der Waals surface area (Å²) in [6, 6.07) is 8.78. The number of rotatable bonds is 3. The van der Waals surface area contributed by atoms with E-state index in [1.807, 2.05) is 6.07 Å². The number of piperazine rings is 1. The van der Waals surface area contributed by atoms with E-state index in [-0.39, 0.29) is 12.1 Å². The van der Waals surface area contributed by atoms with Gasteiger partial charge in [0.25, 0.3) is 0 Å². The predicted molar refractivity (Wildman–Crippen MR) is 83.7 cm³/mol. The van der Waals surface area contributed by atoms with E-state index in [9.17, 15) is 5.11 Å². The highest BCUT2D eigenvalue weighted by atomic mass is 79.9. The van der Waals surface area contributed by atoms with Crippen LogP contribution in [0, 0.1) is 0 Å². The molecule has 4 heteroatoms. The second-order valence-corrected chi connectivity index (χ2v) is 6.81. The van der Waals surface area contributed by atoms with Crippen molar-refractivity contribution < 1.29 is 5.11 Å². The molecule has 2 rings (SSSR count). The van der Waals surface area contributed by atoms with Crippen LogP contribution in [-0.4, -0.2) is 48.3 Å². The molecule has 0 radical (unpaired) electrons. The lowest BCUT2D eigenvalue weighted by Gasteiger charge is -2.51. The number of benzene rings is 1. The number of anilines is 1. The van der Waals surface area contributed by atoms with Crippen LogP contribution in [0.3, 0.4) is 0 Å². The Labute approximate surface area is 124 Å². The maximum atomic E-state index is 9.22. The first kappa shape index (κ1) is 14.8. The third kappa shape index (κ3) is 3.12. The molecule has 1 saturated heterocycles. The Morgan fingerprint density at radius 2 is 2.05 bits per heavy atom. The van der Waals surface area contributed by atoms with Gasteiger partial charge in [0.1, 0.15) is 0 Å². The summed E-state index contributed by atoms with van der Waals surface area (Å²) in [4.78, 5) is 4.82. The molecule has 1 aromatic rings. The maximum Gasteiger partial charge on any atom is 0.0516 e. The number of aliphatic hydroxyl groups excluding tert-OH is 1. The summed E-state index contributed by atoms with van der Waals surface area (Å²) < 4.78 is 1.13. The fourth-order valence-corrected chi connectivity index (χ4v) is 3.48. The molecule has 1 heterocycles. The van der Waals surface area contributed by atoms with Crippen LogP contribution in [0.4, 0.5) is 5.69 Å². The molecule has 0 saturated carbocycles. The van der Waals surface area contributed by atoms with E-state index in [2.05, 4.69) is 64.8 Å². The Hall–Kier alpha value is -0.580. The highest BCUT2D eigenvalue weighted by Crippen LogP contribution is 2.34. The minimum absolute atomic E-state index is 0.0879. The lowest BCUT2D eigenvalue weighted by molar-refractivity contribution is 0.125. The normalized spacial score (nSPS) is 23.6. The lowest BCUT2D eigenvalue weighted by atomic mass is 9.94. The summed E-state index contributed by atoms with van der Waals surface area (Å²) in [6.07, 6.45) is 0.827. The van der Waals surface area contributed by atoms with E-state index in [0.29, 0.717) is 6.04 Å². The number of para-hydroxylation sites is 1. The first-order chi connectivity index (χ1) is 8.95. The van der Waals surface area contributed by atoms with Gasteiger partial charge in [-0.3, -0.25) is 4.90 Å². The highest BCUT2D eigenvalue weighted by Gasteiger charge is 2.37. The van der Waals surface area contributed by atoms with Gasteiger partial charge in [-0.15, -0.1) is 0 Å². The lowest BCUT2D eigenvalue weighted by Crippen LogP contribution is -2.62. The van der Waals surface area contributed by atoms with Crippen molar-refractivity contribution in [3.63, 3.8) is 0 Å². The zero-order valence-corrected chi connectivity index (χ0v) is 13.5. The SMILES string of the molecule is CN1CC(C)(C)N(c2ccccc2Br)CC1CCO. The fourth-order valence-electron chi connectivity index (χ4n) is 2.98. The van der Waals surface area contributed by atoms with Crippen LogP contribution in [0.25, 0.3) is 0 Å². The Morgan fingerprint density at radius 3 is 2.68 bits per heavy atom. The Morgan fingerprint density at radius 1 is 1.37 bits per heavy atom. The second kappa shape index (κ2) is 5.81. The molecule has 19 heavy (non-hydrogen) atoms. The van der Waals surface area contributed by atoms with Crippen LogP contribution in [-0.2, 0) is 0 Å². The number of nitrogens with zero attached hydrogens (tertiary/aromatic N) is 2. The summed E-state index contributed by atoms with van der Waals surface area (Å²) in [5, 5.41) is 9.22. The zero-order valence-electron chi connectivity index (χ0n) is 11.9. The number of likely N-dealkylation sites (N-methyl/N-ethyl adjacent to an activating group) is 1. The number of hydrogen-bond donors (Lipinski definition) is 1. The van der Waals surface area contributed by atoms with Crippen LogP contribution >= 0.6 is 15.9 Å². The molecule has 3 nitrogen and oxygen atoms in total. The van der Waals surface area contributed by atoms with Crippen LogP contribution in [0.1, 0.15) is 20.3 Å². The summed E-state index contributed by atoms with van der Waals surface area (Å²) in [5.74, 6) is 0. The van der Waals surface area contributed by atoms with Crippen LogP contribution in [0.15, 0.2) is 28.7 Å². The third-order valence-electron chi connectivity index (χ3n) is 3.99. The third-order valence-corrected chi connectivity index (χ3v) is 4.66. The standard InChI is InChI=1S/C15H23BrN2O/c1-15(2)11-17(3)12(8-9-19)10-18(15)14-7-5-4-6-13(14)16/h4-7,12,19H,8-11H2,1-3H3. The van der Waals surface area contributed by atoms with Crippen LogP contribution in [0.2, 0.25) is 0 Å². The molecule has 0 aromatic heterocycles. The molecule has 0 spiro atoms. The van der Waals surface area contributed by atoms with Gasteiger partial charge in [0.05, 0.1) is 5.69 Å². The van der Waals surface area contributed by atoms with Gasteiger partial charge in [0.2, 0.25) is 0 Å². The Kier molecular flexibility index (Phi) is 4.54. The number of halogens is 1. The number of aliphatic hydroxyl groups is 1. The molecular formula is C15H23BrN2O. The van der Waals surface area contributed by atoms with Gasteiger partial charge >= 0.3 is 0 Å². The number of hydrogen-bond acceptors (Lipinski definition) is 3. The average Bonchev–Trinajstić information content (AvgIpc) is 2.33. The van der Waals surface area contributed by atoms with Gasteiger partial charge in [0.15, 0.2) is 0 Å². The van der Waals surface area contributed by atoms with Gasteiger partial charge in [0, 0.05) is 35.7 Å². The fraction of sp³-hybridized carbons (Fsp3) is 0.600. The molecule has 0 amide bonds. The van der Waals surface area contributed by atoms with E-state index in [0.717, 1.165) is 24.0 Å². The second-order valence-electron chi connectivity index (χ2n) is 5.96.